The number of nitrogens with zero attached hydrogens (tertiary/aromatic N) is 1. The molecule has 0 atom stereocenters. The molecule has 0 aliphatic heterocycles. The van der Waals surface area contributed by atoms with Gasteiger partial charge in [0.15, 0.2) is 12.4 Å². The third-order valence-corrected chi connectivity index (χ3v) is 1.77. The number of aromatic nitrogens is 1. The van der Waals surface area contributed by atoms with Gasteiger partial charge in [-0.2, -0.15) is 0 Å². The van der Waals surface area contributed by atoms with Crippen LogP contribution in [0.5, 0.6) is 0 Å². The Bertz CT molecular complexity index is 444. The van der Waals surface area contributed by atoms with Gasteiger partial charge in [-0.05, 0) is 13.8 Å². The molecule has 0 saturated carbocycles. The number of hydrogen-bond acceptors (Lipinski definition) is 2. The SMILES string of the molecule is CCOC(=O)c1cc[n+](CC)cc1.F[P-](F)(F)(F)(F)F. The summed E-state index contributed by atoms with van der Waals surface area (Å²) in [4.78, 5) is 11.2. The van der Waals surface area contributed by atoms with Crippen molar-refractivity contribution in [2.24, 2.45) is 0 Å². The van der Waals surface area contributed by atoms with E-state index in [1.165, 1.54) is 0 Å². The molecule has 0 aliphatic carbocycles. The fourth-order valence-electron chi connectivity index (χ4n) is 1.02. The molecule has 0 N–H and O–H groups in total. The summed E-state index contributed by atoms with van der Waals surface area (Å²) < 4.78 is 66.0. The van der Waals surface area contributed by atoms with E-state index in [1.807, 2.05) is 23.9 Å². The molecule has 0 amide bonds. The van der Waals surface area contributed by atoms with Crippen LogP contribution in [-0.2, 0) is 11.3 Å². The van der Waals surface area contributed by atoms with Crippen LogP contribution in [0.3, 0.4) is 0 Å². The van der Waals surface area contributed by atoms with Gasteiger partial charge in [0.25, 0.3) is 0 Å². The first kappa shape index (κ1) is 18.6. The maximum atomic E-state index is 11.2. The first-order chi connectivity index (χ1) is 8.72. The molecule has 0 fully saturated rings. The molecule has 0 unspecified atom stereocenters. The van der Waals surface area contributed by atoms with Gasteiger partial charge in [0.2, 0.25) is 0 Å². The fourth-order valence-corrected chi connectivity index (χ4v) is 1.02. The van der Waals surface area contributed by atoms with E-state index in [2.05, 4.69) is 0 Å². The van der Waals surface area contributed by atoms with E-state index in [0.717, 1.165) is 6.54 Å². The molecule has 0 radical (unpaired) electrons. The minimum absolute atomic E-state index is 0.259. The van der Waals surface area contributed by atoms with E-state index in [-0.39, 0.29) is 5.97 Å². The van der Waals surface area contributed by atoms with Gasteiger partial charge in [0.1, 0.15) is 6.54 Å². The number of hydrogen-bond donors (Lipinski definition) is 0. The topological polar surface area (TPSA) is 30.2 Å². The molecule has 0 spiro atoms. The first-order valence-electron chi connectivity index (χ1n) is 5.45. The van der Waals surface area contributed by atoms with Crippen molar-refractivity contribution in [3.05, 3.63) is 30.1 Å². The molecule has 3 nitrogen and oxygen atoms in total. The van der Waals surface area contributed by atoms with E-state index < -0.39 is 7.81 Å². The number of rotatable bonds is 3. The maximum absolute atomic E-state index is 11.2. The van der Waals surface area contributed by atoms with E-state index in [1.54, 1.807) is 19.1 Å². The Morgan fingerprint density at radius 2 is 1.50 bits per heavy atom. The Balaban J connectivity index is 0.000000441. The predicted molar refractivity (Wildman–Crippen MR) is 61.8 cm³/mol. The zero-order chi connectivity index (χ0) is 16.1. The Hall–Kier alpha value is -1.37. The Morgan fingerprint density at radius 3 is 1.80 bits per heavy atom. The van der Waals surface area contributed by atoms with Gasteiger partial charge in [-0.1, -0.05) is 0 Å². The van der Waals surface area contributed by atoms with Crippen molar-refractivity contribution in [3.63, 3.8) is 0 Å². The molecule has 1 heterocycles. The van der Waals surface area contributed by atoms with Crippen LogP contribution in [0.4, 0.5) is 25.2 Å². The van der Waals surface area contributed by atoms with Crippen LogP contribution < -0.4 is 4.57 Å². The van der Waals surface area contributed by atoms with Crippen molar-refractivity contribution in [1.82, 2.24) is 0 Å². The normalized spacial score (nSPS) is 14.4. The zero-order valence-corrected chi connectivity index (χ0v) is 11.6. The van der Waals surface area contributed by atoms with Gasteiger partial charge in [-0.25, -0.2) is 9.36 Å². The Kier molecular flexibility index (Phi) is 5.17. The number of carbonyl (C=O) groups is 1. The third-order valence-electron chi connectivity index (χ3n) is 1.77. The Morgan fingerprint density at radius 1 is 1.10 bits per heavy atom. The average Bonchev–Trinajstić information content (AvgIpc) is 2.25. The molecule has 0 aliphatic rings. The molecule has 10 heteroatoms. The summed E-state index contributed by atoms with van der Waals surface area (Å²) >= 11 is 0. The summed E-state index contributed by atoms with van der Waals surface area (Å²) in [5.41, 5.74) is 0.603. The van der Waals surface area contributed by atoms with Gasteiger partial charge in [0, 0.05) is 12.1 Å². The molecule has 0 saturated heterocycles. The number of halogens is 6. The molecule has 1 aromatic rings. The number of aryl methyl sites for hydroxylation is 1. The molecule has 1 aromatic heterocycles. The van der Waals surface area contributed by atoms with Gasteiger partial charge in [0.05, 0.1) is 12.2 Å². The summed E-state index contributed by atoms with van der Waals surface area (Å²) in [6, 6.07) is 3.53. The van der Waals surface area contributed by atoms with Gasteiger partial charge in [-0.15, -0.1) is 0 Å². The van der Waals surface area contributed by atoms with Crippen LogP contribution >= 0.6 is 7.81 Å². The quantitative estimate of drug-likeness (QED) is 0.353. The molecule has 20 heavy (non-hydrogen) atoms. The second-order valence-electron chi connectivity index (χ2n) is 3.60. The number of pyridine rings is 1. The first-order valence-corrected chi connectivity index (χ1v) is 7.48. The van der Waals surface area contributed by atoms with Crippen molar-refractivity contribution in [3.8, 4) is 0 Å². The molecule has 118 valence electrons. The third kappa shape index (κ3) is 13.1. The minimum atomic E-state index is -10.7. The van der Waals surface area contributed by atoms with Crippen LogP contribution in [0, 0.1) is 0 Å². The van der Waals surface area contributed by atoms with Crippen LogP contribution in [-0.4, -0.2) is 12.6 Å². The van der Waals surface area contributed by atoms with E-state index in [4.69, 9.17) is 4.74 Å². The van der Waals surface area contributed by atoms with E-state index in [0.29, 0.717) is 12.2 Å². The summed E-state index contributed by atoms with van der Waals surface area (Å²) in [5.74, 6) is -0.259. The molecule has 1 rings (SSSR count). The van der Waals surface area contributed by atoms with Gasteiger partial charge < -0.3 is 4.74 Å². The van der Waals surface area contributed by atoms with Crippen molar-refractivity contribution < 1.29 is 39.3 Å². The Labute approximate surface area is 111 Å². The van der Waals surface area contributed by atoms with E-state index in [9.17, 15) is 30.0 Å². The molecular formula is C10H14F6NO2P. The van der Waals surface area contributed by atoms with E-state index >= 15 is 0 Å². The van der Waals surface area contributed by atoms with Crippen molar-refractivity contribution in [2.45, 2.75) is 20.4 Å². The average molecular weight is 325 g/mol. The van der Waals surface area contributed by atoms with Crippen LogP contribution in [0.25, 0.3) is 0 Å². The molecule has 0 bridgehead atoms. The van der Waals surface area contributed by atoms with Crippen LogP contribution in [0.1, 0.15) is 24.2 Å². The van der Waals surface area contributed by atoms with Gasteiger partial charge in [-0.3, -0.25) is 0 Å². The monoisotopic (exact) mass is 325 g/mol. The van der Waals surface area contributed by atoms with Crippen molar-refractivity contribution >= 4 is 13.8 Å². The standard InChI is InChI=1S/C10H14NO2.F6P/c1-3-11-7-5-9(6-8-11)10(12)13-4-2;1-7(2,3,4,5)6/h5-8H,3-4H2,1-2H3;/q+1;-1. The van der Waals surface area contributed by atoms with Crippen molar-refractivity contribution in [1.29, 1.82) is 0 Å². The number of carbonyl (C=O) groups excluding carboxylic acids is 1. The fraction of sp³-hybridized carbons (Fsp3) is 0.400. The molecule has 0 aromatic carbocycles. The predicted octanol–water partition coefficient (Wildman–Crippen LogP) is 4.55. The molecular weight excluding hydrogens is 311 g/mol. The summed E-state index contributed by atoms with van der Waals surface area (Å²) in [7, 11) is -10.7. The number of esters is 1. The zero-order valence-electron chi connectivity index (χ0n) is 10.7. The summed E-state index contributed by atoms with van der Waals surface area (Å²) in [6.45, 7) is 5.17. The second-order valence-corrected chi connectivity index (χ2v) is 5.51. The van der Waals surface area contributed by atoms with Crippen LogP contribution in [0.15, 0.2) is 24.5 Å². The van der Waals surface area contributed by atoms with Crippen LogP contribution in [0.2, 0.25) is 0 Å². The van der Waals surface area contributed by atoms with Gasteiger partial charge >= 0.3 is 39.0 Å². The number of ether oxygens (including phenoxy) is 1. The second kappa shape index (κ2) is 5.55. The summed E-state index contributed by atoms with van der Waals surface area (Å²) in [5, 5.41) is 0. The summed E-state index contributed by atoms with van der Waals surface area (Å²) in [6.07, 6.45) is 3.73. The van der Waals surface area contributed by atoms with Crippen molar-refractivity contribution in [2.75, 3.05) is 6.61 Å².